The van der Waals surface area contributed by atoms with Gasteiger partial charge in [-0.25, -0.2) is 4.98 Å². The number of carbonyl (C=O) groups excluding carboxylic acids is 3. The molecular formula is C17H19N5O3. The summed E-state index contributed by atoms with van der Waals surface area (Å²) in [5.41, 5.74) is 1.43. The predicted molar refractivity (Wildman–Crippen MR) is 90.6 cm³/mol. The number of fused-ring (bicyclic) bond motifs is 1. The van der Waals surface area contributed by atoms with E-state index >= 15 is 0 Å². The molecule has 8 heteroatoms. The number of aromatic nitrogens is 2. The van der Waals surface area contributed by atoms with Gasteiger partial charge in [-0.2, -0.15) is 0 Å². The van der Waals surface area contributed by atoms with E-state index in [1.54, 1.807) is 37.8 Å². The lowest BCUT2D eigenvalue weighted by Gasteiger charge is -2.13. The van der Waals surface area contributed by atoms with E-state index in [1.807, 2.05) is 16.8 Å². The predicted octanol–water partition coefficient (Wildman–Crippen LogP) is 0.223. The first-order chi connectivity index (χ1) is 12.1. The third-order valence-electron chi connectivity index (χ3n) is 4.11. The van der Waals surface area contributed by atoms with Crippen LogP contribution in [0.1, 0.15) is 18.0 Å². The molecule has 0 saturated carbocycles. The van der Waals surface area contributed by atoms with Crippen molar-refractivity contribution in [2.75, 3.05) is 18.5 Å². The Labute approximate surface area is 144 Å². The fourth-order valence-corrected chi connectivity index (χ4v) is 2.78. The number of aryl methyl sites for hydroxylation is 1. The van der Waals surface area contributed by atoms with Gasteiger partial charge in [0.05, 0.1) is 6.33 Å². The highest BCUT2D eigenvalue weighted by molar-refractivity contribution is 6.35. The Hall–Kier alpha value is -3.16. The van der Waals surface area contributed by atoms with Crippen molar-refractivity contribution in [1.82, 2.24) is 20.2 Å². The molecule has 1 aliphatic rings. The van der Waals surface area contributed by atoms with E-state index in [2.05, 4.69) is 15.6 Å². The van der Waals surface area contributed by atoms with Crippen LogP contribution in [0.5, 0.6) is 0 Å². The fourth-order valence-electron chi connectivity index (χ4n) is 2.78. The second-order valence-electron chi connectivity index (χ2n) is 5.77. The van der Waals surface area contributed by atoms with Crippen LogP contribution in [0.2, 0.25) is 0 Å². The lowest BCUT2D eigenvalue weighted by atomic mass is 10.1. The van der Waals surface area contributed by atoms with Gasteiger partial charge in [-0.15, -0.1) is 0 Å². The number of carbonyl (C=O) groups is 3. The Morgan fingerprint density at radius 1 is 1.24 bits per heavy atom. The number of hydrogen-bond acceptors (Lipinski definition) is 4. The van der Waals surface area contributed by atoms with Crippen LogP contribution in [0.15, 0.2) is 43.0 Å². The Balaban J connectivity index is 1.51. The Bertz CT molecular complexity index is 787. The van der Waals surface area contributed by atoms with E-state index in [1.165, 1.54) is 4.90 Å². The minimum Gasteiger partial charge on any atom is -0.348 e. The summed E-state index contributed by atoms with van der Waals surface area (Å²) in [6.07, 6.45) is 5.87. The zero-order valence-corrected chi connectivity index (χ0v) is 13.8. The molecular weight excluding hydrogens is 322 g/mol. The molecule has 3 rings (SSSR count). The molecule has 2 N–H and O–H groups in total. The molecule has 0 spiro atoms. The zero-order valence-electron chi connectivity index (χ0n) is 13.8. The number of imidazole rings is 1. The molecule has 0 saturated heterocycles. The summed E-state index contributed by atoms with van der Waals surface area (Å²) in [5.74, 6) is -1.82. The molecule has 0 radical (unpaired) electrons. The Morgan fingerprint density at radius 2 is 2.04 bits per heavy atom. The number of anilines is 1. The van der Waals surface area contributed by atoms with Gasteiger partial charge in [0.15, 0.2) is 0 Å². The normalized spacial score (nSPS) is 15.8. The van der Waals surface area contributed by atoms with Crippen LogP contribution in [0.25, 0.3) is 0 Å². The van der Waals surface area contributed by atoms with Gasteiger partial charge in [-0.05, 0) is 12.5 Å². The number of likely N-dealkylation sites (N-methyl/N-ethyl adjacent to an activating group) is 1. The monoisotopic (exact) mass is 341 g/mol. The van der Waals surface area contributed by atoms with Gasteiger partial charge in [0, 0.05) is 43.8 Å². The van der Waals surface area contributed by atoms with Crippen molar-refractivity contribution < 1.29 is 14.4 Å². The third kappa shape index (κ3) is 3.52. The summed E-state index contributed by atoms with van der Waals surface area (Å²) in [5, 5.41) is 5.07. The van der Waals surface area contributed by atoms with Crippen LogP contribution >= 0.6 is 0 Å². The minimum absolute atomic E-state index is 0.262. The van der Waals surface area contributed by atoms with Crippen LogP contribution in [0, 0.1) is 0 Å². The quantitative estimate of drug-likeness (QED) is 0.601. The molecule has 0 unspecified atom stereocenters. The topological polar surface area (TPSA) is 96.3 Å². The summed E-state index contributed by atoms with van der Waals surface area (Å²) >= 11 is 0. The molecule has 25 heavy (non-hydrogen) atoms. The van der Waals surface area contributed by atoms with Crippen LogP contribution in [-0.2, 0) is 20.9 Å². The Morgan fingerprint density at radius 3 is 2.80 bits per heavy atom. The van der Waals surface area contributed by atoms with E-state index < -0.39 is 17.9 Å². The molecule has 3 amide bonds. The highest BCUT2D eigenvalue weighted by Gasteiger charge is 2.36. The number of benzene rings is 1. The first-order valence-corrected chi connectivity index (χ1v) is 7.99. The molecule has 1 atom stereocenters. The number of hydrogen-bond donors (Lipinski definition) is 2. The highest BCUT2D eigenvalue weighted by atomic mass is 16.2. The van der Waals surface area contributed by atoms with Crippen molar-refractivity contribution in [2.24, 2.45) is 0 Å². The van der Waals surface area contributed by atoms with Crippen LogP contribution in [-0.4, -0.2) is 40.9 Å². The van der Waals surface area contributed by atoms with E-state index in [0.717, 1.165) is 5.69 Å². The Kier molecular flexibility index (Phi) is 4.78. The van der Waals surface area contributed by atoms with Crippen LogP contribution in [0.3, 0.4) is 0 Å². The lowest BCUT2D eigenvalue weighted by Crippen LogP contribution is -2.44. The van der Waals surface area contributed by atoms with Crippen molar-refractivity contribution >= 4 is 23.4 Å². The lowest BCUT2D eigenvalue weighted by molar-refractivity contribution is -0.140. The van der Waals surface area contributed by atoms with Crippen molar-refractivity contribution in [3.63, 3.8) is 0 Å². The summed E-state index contributed by atoms with van der Waals surface area (Å²) in [4.78, 5) is 41.7. The maximum absolute atomic E-state index is 12.3. The van der Waals surface area contributed by atoms with E-state index in [4.69, 9.17) is 0 Å². The SMILES string of the molecule is CN1C(=O)[C@@H](NC(=O)C(=O)NCCCn2ccnc2)c2ccccc21. The minimum atomic E-state index is -0.828. The first-order valence-electron chi connectivity index (χ1n) is 7.99. The maximum Gasteiger partial charge on any atom is 0.310 e. The van der Waals surface area contributed by atoms with Gasteiger partial charge in [-0.3, -0.25) is 14.4 Å². The van der Waals surface area contributed by atoms with Crippen molar-refractivity contribution in [1.29, 1.82) is 0 Å². The maximum atomic E-state index is 12.3. The summed E-state index contributed by atoms with van der Waals surface area (Å²) in [6.45, 7) is 1.06. The van der Waals surface area contributed by atoms with Crippen molar-refractivity contribution in [2.45, 2.75) is 19.0 Å². The second kappa shape index (κ2) is 7.16. The zero-order chi connectivity index (χ0) is 17.8. The molecule has 130 valence electrons. The van der Waals surface area contributed by atoms with Crippen LogP contribution in [0.4, 0.5) is 5.69 Å². The number of amides is 3. The van der Waals surface area contributed by atoms with Gasteiger partial charge >= 0.3 is 11.8 Å². The smallest absolute Gasteiger partial charge is 0.310 e. The van der Waals surface area contributed by atoms with Crippen molar-refractivity contribution in [3.8, 4) is 0 Å². The van der Waals surface area contributed by atoms with Gasteiger partial charge in [0.2, 0.25) is 0 Å². The third-order valence-corrected chi connectivity index (χ3v) is 4.11. The van der Waals surface area contributed by atoms with Gasteiger partial charge in [0.1, 0.15) is 6.04 Å². The van der Waals surface area contributed by atoms with Crippen molar-refractivity contribution in [3.05, 3.63) is 48.5 Å². The number of para-hydroxylation sites is 1. The second-order valence-corrected chi connectivity index (χ2v) is 5.77. The van der Waals surface area contributed by atoms with Gasteiger partial charge < -0.3 is 20.1 Å². The molecule has 1 aliphatic heterocycles. The van der Waals surface area contributed by atoms with E-state index in [-0.39, 0.29) is 5.91 Å². The number of nitrogens with zero attached hydrogens (tertiary/aromatic N) is 3. The first kappa shape index (κ1) is 16.7. The van der Waals surface area contributed by atoms with Gasteiger partial charge in [-0.1, -0.05) is 18.2 Å². The average molecular weight is 341 g/mol. The van der Waals surface area contributed by atoms with Gasteiger partial charge in [0.25, 0.3) is 5.91 Å². The molecule has 8 nitrogen and oxygen atoms in total. The largest absolute Gasteiger partial charge is 0.348 e. The molecule has 1 aromatic heterocycles. The highest BCUT2D eigenvalue weighted by Crippen LogP contribution is 2.34. The number of nitrogens with one attached hydrogen (secondary N) is 2. The summed E-state index contributed by atoms with van der Waals surface area (Å²) in [6, 6.07) is 6.35. The molecule has 0 bridgehead atoms. The standard InChI is InChI=1S/C17H19N5O3/c1-21-13-6-3-2-5-12(13)14(17(21)25)20-16(24)15(23)19-7-4-9-22-10-8-18-11-22/h2-3,5-6,8,10-11,14H,4,7,9H2,1H3,(H,19,23)(H,20,24)/t14-/m0/s1. The molecule has 1 aromatic carbocycles. The summed E-state index contributed by atoms with van der Waals surface area (Å²) < 4.78 is 1.89. The van der Waals surface area contributed by atoms with E-state index in [0.29, 0.717) is 25.1 Å². The fraction of sp³-hybridized carbons (Fsp3) is 0.294. The average Bonchev–Trinajstić information content (AvgIpc) is 3.22. The van der Waals surface area contributed by atoms with Crippen LogP contribution < -0.4 is 15.5 Å². The molecule has 2 aromatic rings. The molecule has 2 heterocycles. The number of rotatable bonds is 5. The summed E-state index contributed by atoms with van der Waals surface area (Å²) in [7, 11) is 1.64. The molecule has 0 aliphatic carbocycles. The molecule has 0 fully saturated rings. The van der Waals surface area contributed by atoms with E-state index in [9.17, 15) is 14.4 Å².